The molecule has 5 rings (SSSR count). The first-order valence-electron chi connectivity index (χ1n) is 10.6. The Hall–Kier alpha value is -1.56. The van der Waals surface area contributed by atoms with Crippen molar-refractivity contribution < 1.29 is 4.74 Å². The van der Waals surface area contributed by atoms with Crippen LogP contribution < -0.4 is 0 Å². The van der Waals surface area contributed by atoms with E-state index in [4.69, 9.17) is 9.72 Å². The number of hydrogen-bond acceptors (Lipinski definition) is 5. The lowest BCUT2D eigenvalue weighted by atomic mass is 9.93. The minimum absolute atomic E-state index is 0.582. The maximum atomic E-state index is 5.44. The van der Waals surface area contributed by atoms with Crippen molar-refractivity contribution >= 4 is 11.0 Å². The Morgan fingerprint density at radius 1 is 0.889 bits per heavy atom. The summed E-state index contributed by atoms with van der Waals surface area (Å²) in [4.78, 5) is 14.7. The summed E-state index contributed by atoms with van der Waals surface area (Å²) in [6.07, 6.45) is 7.11. The molecule has 27 heavy (non-hydrogen) atoms. The SMILES string of the molecule is c1nc2nc(C3CCN(CCN4CCOCC4)CC3)ccc2cc1C1CC1. The number of pyridine rings is 2. The van der Waals surface area contributed by atoms with Gasteiger partial charge in [-0.15, -0.1) is 0 Å². The van der Waals surface area contributed by atoms with Crippen molar-refractivity contribution in [3.05, 3.63) is 35.7 Å². The first-order valence-corrected chi connectivity index (χ1v) is 10.6. The third-order valence-electron chi connectivity index (χ3n) is 6.48. The smallest absolute Gasteiger partial charge is 0.159 e. The van der Waals surface area contributed by atoms with Crippen LogP contribution in [0.5, 0.6) is 0 Å². The molecule has 1 aliphatic carbocycles. The van der Waals surface area contributed by atoms with Gasteiger partial charge >= 0.3 is 0 Å². The third-order valence-corrected chi connectivity index (χ3v) is 6.48. The van der Waals surface area contributed by atoms with Crippen molar-refractivity contribution in [2.24, 2.45) is 0 Å². The lowest BCUT2D eigenvalue weighted by Crippen LogP contribution is -2.43. The second kappa shape index (κ2) is 7.82. The number of morpholine rings is 1. The minimum atomic E-state index is 0.582. The van der Waals surface area contributed by atoms with Crippen molar-refractivity contribution in [2.75, 3.05) is 52.5 Å². The predicted molar refractivity (Wildman–Crippen MR) is 107 cm³/mol. The van der Waals surface area contributed by atoms with Gasteiger partial charge in [0, 0.05) is 49.4 Å². The molecule has 0 unspecified atom stereocenters. The number of aromatic nitrogens is 2. The molecule has 0 atom stereocenters. The average molecular weight is 367 g/mol. The Morgan fingerprint density at radius 2 is 1.63 bits per heavy atom. The van der Waals surface area contributed by atoms with Gasteiger partial charge < -0.3 is 9.64 Å². The van der Waals surface area contributed by atoms with E-state index >= 15 is 0 Å². The second-order valence-electron chi connectivity index (χ2n) is 8.40. The van der Waals surface area contributed by atoms with Crippen LogP contribution in [0.4, 0.5) is 0 Å². The Kier molecular flexibility index (Phi) is 5.08. The maximum Gasteiger partial charge on any atom is 0.159 e. The molecule has 0 bridgehead atoms. The standard InChI is InChI=1S/C22H30N4O/c1-2-17(1)20-15-19-3-4-21(24-22(19)23-16-20)18-5-7-25(8-6-18)9-10-26-11-13-27-14-12-26/h3-4,15-18H,1-2,5-14H2. The largest absolute Gasteiger partial charge is 0.379 e. The van der Waals surface area contributed by atoms with E-state index in [1.165, 1.54) is 68.5 Å². The van der Waals surface area contributed by atoms with Crippen LogP contribution in [-0.4, -0.2) is 72.3 Å². The van der Waals surface area contributed by atoms with Crippen molar-refractivity contribution in [3.8, 4) is 0 Å². The van der Waals surface area contributed by atoms with E-state index in [0.29, 0.717) is 5.92 Å². The van der Waals surface area contributed by atoms with Gasteiger partial charge in [-0.3, -0.25) is 4.90 Å². The molecule has 0 spiro atoms. The molecular weight excluding hydrogens is 336 g/mol. The molecule has 0 aromatic carbocycles. The fourth-order valence-corrected chi connectivity index (χ4v) is 4.47. The predicted octanol–water partition coefficient (Wildman–Crippen LogP) is 3.02. The van der Waals surface area contributed by atoms with E-state index in [1.54, 1.807) is 0 Å². The van der Waals surface area contributed by atoms with E-state index in [2.05, 4.69) is 33.0 Å². The molecule has 3 aliphatic rings. The fraction of sp³-hybridized carbons (Fsp3) is 0.636. The molecule has 0 amide bonds. The highest BCUT2D eigenvalue weighted by Gasteiger charge is 2.25. The van der Waals surface area contributed by atoms with Gasteiger partial charge in [-0.05, 0) is 68.5 Å². The minimum Gasteiger partial charge on any atom is -0.379 e. The Morgan fingerprint density at radius 3 is 2.37 bits per heavy atom. The van der Waals surface area contributed by atoms with E-state index in [-0.39, 0.29) is 0 Å². The number of piperidine rings is 1. The number of hydrogen-bond donors (Lipinski definition) is 0. The third kappa shape index (κ3) is 4.15. The first-order chi connectivity index (χ1) is 13.3. The first kappa shape index (κ1) is 17.5. The van der Waals surface area contributed by atoms with Gasteiger partial charge in [0.15, 0.2) is 5.65 Å². The molecule has 5 nitrogen and oxygen atoms in total. The van der Waals surface area contributed by atoms with Crippen LogP contribution in [0.25, 0.3) is 11.0 Å². The van der Waals surface area contributed by atoms with Gasteiger partial charge in [0.2, 0.25) is 0 Å². The molecular formula is C22H30N4O. The summed E-state index contributed by atoms with van der Waals surface area (Å²) in [6, 6.07) is 6.78. The van der Waals surface area contributed by atoms with Gasteiger partial charge in [0.1, 0.15) is 0 Å². The van der Waals surface area contributed by atoms with Crippen molar-refractivity contribution in [2.45, 2.75) is 37.5 Å². The molecule has 2 aromatic rings. The molecule has 2 aliphatic heterocycles. The number of ether oxygens (including phenoxy) is 1. The van der Waals surface area contributed by atoms with E-state index in [1.807, 2.05) is 6.20 Å². The summed E-state index contributed by atoms with van der Waals surface area (Å²) in [7, 11) is 0. The number of fused-ring (bicyclic) bond motifs is 1. The molecule has 144 valence electrons. The Balaban J connectivity index is 1.17. The van der Waals surface area contributed by atoms with Crippen LogP contribution in [0.15, 0.2) is 24.4 Å². The Bertz CT molecular complexity index is 777. The lowest BCUT2D eigenvalue weighted by molar-refractivity contribution is 0.0320. The van der Waals surface area contributed by atoms with Crippen LogP contribution in [-0.2, 0) is 4.74 Å². The highest BCUT2D eigenvalue weighted by atomic mass is 16.5. The zero-order valence-electron chi connectivity index (χ0n) is 16.1. The Labute approximate surface area is 161 Å². The van der Waals surface area contributed by atoms with Gasteiger partial charge in [-0.25, -0.2) is 9.97 Å². The van der Waals surface area contributed by atoms with Crippen LogP contribution in [0.2, 0.25) is 0 Å². The second-order valence-corrected chi connectivity index (χ2v) is 8.40. The van der Waals surface area contributed by atoms with Gasteiger partial charge in [-0.1, -0.05) is 0 Å². The molecule has 0 N–H and O–H groups in total. The number of nitrogens with zero attached hydrogens (tertiary/aromatic N) is 4. The highest BCUT2D eigenvalue weighted by Crippen LogP contribution is 2.40. The van der Waals surface area contributed by atoms with E-state index in [9.17, 15) is 0 Å². The monoisotopic (exact) mass is 366 g/mol. The van der Waals surface area contributed by atoms with Crippen LogP contribution >= 0.6 is 0 Å². The van der Waals surface area contributed by atoms with Gasteiger partial charge in [0.05, 0.1) is 13.2 Å². The summed E-state index contributed by atoms with van der Waals surface area (Å²) in [6.45, 7) is 8.70. The van der Waals surface area contributed by atoms with Crippen molar-refractivity contribution in [1.29, 1.82) is 0 Å². The van der Waals surface area contributed by atoms with E-state index < -0.39 is 0 Å². The zero-order chi connectivity index (χ0) is 18.1. The summed E-state index contributed by atoms with van der Waals surface area (Å²) >= 11 is 0. The van der Waals surface area contributed by atoms with Crippen molar-refractivity contribution in [3.63, 3.8) is 0 Å². The summed E-state index contributed by atoms with van der Waals surface area (Å²) in [5.41, 5.74) is 3.55. The van der Waals surface area contributed by atoms with Crippen LogP contribution in [0, 0.1) is 0 Å². The van der Waals surface area contributed by atoms with Crippen molar-refractivity contribution in [1.82, 2.24) is 19.8 Å². The number of likely N-dealkylation sites (tertiary alicyclic amines) is 1. The zero-order valence-corrected chi connectivity index (χ0v) is 16.1. The molecule has 5 heteroatoms. The summed E-state index contributed by atoms with van der Waals surface area (Å²) in [5.74, 6) is 1.34. The fourth-order valence-electron chi connectivity index (χ4n) is 4.47. The highest BCUT2D eigenvalue weighted by molar-refractivity contribution is 5.75. The average Bonchev–Trinajstić information content (AvgIpc) is 3.58. The normalized spacial score (nSPS) is 23.1. The van der Waals surface area contributed by atoms with Gasteiger partial charge in [-0.2, -0.15) is 0 Å². The lowest BCUT2D eigenvalue weighted by Gasteiger charge is -2.34. The maximum absolute atomic E-state index is 5.44. The summed E-state index contributed by atoms with van der Waals surface area (Å²) < 4.78 is 5.44. The molecule has 2 aromatic heterocycles. The molecule has 0 radical (unpaired) electrons. The van der Waals surface area contributed by atoms with Crippen LogP contribution in [0.3, 0.4) is 0 Å². The summed E-state index contributed by atoms with van der Waals surface area (Å²) in [5, 5.41) is 1.20. The molecule has 1 saturated carbocycles. The molecule has 4 heterocycles. The quantitative estimate of drug-likeness (QED) is 0.814. The topological polar surface area (TPSA) is 41.5 Å². The van der Waals surface area contributed by atoms with Crippen LogP contribution in [0.1, 0.15) is 48.8 Å². The van der Waals surface area contributed by atoms with E-state index in [0.717, 1.165) is 37.9 Å². The van der Waals surface area contributed by atoms with Gasteiger partial charge in [0.25, 0.3) is 0 Å². The molecule has 3 fully saturated rings. The molecule has 2 saturated heterocycles. The number of rotatable bonds is 5.